The molecule has 0 saturated heterocycles. The number of carboxylic acid groups (broad SMARTS) is 1. The van der Waals surface area contributed by atoms with Gasteiger partial charge in [-0.25, -0.2) is 4.79 Å². The first-order valence-corrected chi connectivity index (χ1v) is 6.10. The number of nitrogens with zero attached hydrogens (tertiary/aromatic N) is 1. The Kier molecular flexibility index (Phi) is 7.35. The third-order valence-electron chi connectivity index (χ3n) is 2.88. The van der Waals surface area contributed by atoms with E-state index in [-0.39, 0.29) is 24.5 Å². The molecule has 0 unspecified atom stereocenters. The third kappa shape index (κ3) is 7.89. The summed E-state index contributed by atoms with van der Waals surface area (Å²) < 4.78 is 0. The maximum Gasteiger partial charge on any atom is 0.317 e. The molecule has 2 amide bonds. The molecule has 3 N–H and O–H groups in total. The van der Waals surface area contributed by atoms with Gasteiger partial charge in [-0.2, -0.15) is 0 Å². The third-order valence-corrected chi connectivity index (χ3v) is 2.88. The topological polar surface area (TPSA) is 89.9 Å². The molecule has 0 rings (SSSR count). The van der Waals surface area contributed by atoms with Crippen molar-refractivity contribution in [3.8, 4) is 0 Å². The molecule has 0 spiro atoms. The standard InChI is InChI=1S/C12H24N2O4/c1-12(2,5-4-10(16)17)6-7-13-11(18)14(3)8-9-15/h15H,4-9H2,1-3H3,(H,13,18)(H,16,17). The van der Waals surface area contributed by atoms with Crippen LogP contribution in [0.3, 0.4) is 0 Å². The Bertz CT molecular complexity index is 279. The Morgan fingerprint density at radius 2 is 1.89 bits per heavy atom. The molecule has 0 bridgehead atoms. The predicted molar refractivity (Wildman–Crippen MR) is 68.4 cm³/mol. The van der Waals surface area contributed by atoms with E-state index in [1.165, 1.54) is 4.90 Å². The van der Waals surface area contributed by atoms with Gasteiger partial charge in [0.25, 0.3) is 0 Å². The number of rotatable bonds is 8. The average molecular weight is 260 g/mol. The van der Waals surface area contributed by atoms with Gasteiger partial charge in [-0.1, -0.05) is 13.8 Å². The van der Waals surface area contributed by atoms with Crippen LogP contribution in [0.25, 0.3) is 0 Å². The minimum Gasteiger partial charge on any atom is -0.481 e. The number of carbonyl (C=O) groups excluding carboxylic acids is 1. The number of carboxylic acids is 1. The Labute approximate surface area is 108 Å². The molecule has 0 aromatic heterocycles. The van der Waals surface area contributed by atoms with E-state index in [1.807, 2.05) is 13.8 Å². The van der Waals surface area contributed by atoms with Crippen molar-refractivity contribution in [3.05, 3.63) is 0 Å². The van der Waals surface area contributed by atoms with Gasteiger partial charge in [0.1, 0.15) is 0 Å². The van der Waals surface area contributed by atoms with Gasteiger partial charge in [-0.15, -0.1) is 0 Å². The molecular weight excluding hydrogens is 236 g/mol. The van der Waals surface area contributed by atoms with Crippen LogP contribution in [0.15, 0.2) is 0 Å². The zero-order chi connectivity index (χ0) is 14.2. The molecule has 106 valence electrons. The first kappa shape index (κ1) is 16.7. The van der Waals surface area contributed by atoms with Gasteiger partial charge in [-0.05, 0) is 18.3 Å². The van der Waals surface area contributed by atoms with E-state index in [9.17, 15) is 9.59 Å². The summed E-state index contributed by atoms with van der Waals surface area (Å²) in [5.41, 5.74) is -0.110. The summed E-state index contributed by atoms with van der Waals surface area (Å²) in [6.45, 7) is 4.71. The van der Waals surface area contributed by atoms with Crippen molar-refractivity contribution in [2.45, 2.75) is 33.1 Å². The normalized spacial score (nSPS) is 11.1. The van der Waals surface area contributed by atoms with Gasteiger partial charge in [0.05, 0.1) is 6.61 Å². The second-order valence-electron chi connectivity index (χ2n) is 5.19. The van der Waals surface area contributed by atoms with Crippen molar-refractivity contribution in [3.63, 3.8) is 0 Å². The van der Waals surface area contributed by atoms with E-state index >= 15 is 0 Å². The van der Waals surface area contributed by atoms with Crippen LogP contribution in [0.5, 0.6) is 0 Å². The monoisotopic (exact) mass is 260 g/mol. The molecule has 0 fully saturated rings. The summed E-state index contributed by atoms with van der Waals surface area (Å²) in [6.07, 6.45) is 1.45. The van der Waals surface area contributed by atoms with E-state index in [1.54, 1.807) is 7.05 Å². The first-order valence-electron chi connectivity index (χ1n) is 6.10. The van der Waals surface area contributed by atoms with E-state index in [0.29, 0.717) is 19.5 Å². The van der Waals surface area contributed by atoms with Crippen molar-refractivity contribution in [2.24, 2.45) is 5.41 Å². The van der Waals surface area contributed by atoms with Crippen LogP contribution in [0.4, 0.5) is 4.79 Å². The predicted octanol–water partition coefficient (Wildman–Crippen LogP) is 0.901. The maximum atomic E-state index is 11.5. The second-order valence-corrected chi connectivity index (χ2v) is 5.19. The number of hydrogen-bond acceptors (Lipinski definition) is 3. The van der Waals surface area contributed by atoms with Gasteiger partial charge in [-0.3, -0.25) is 4.79 Å². The van der Waals surface area contributed by atoms with E-state index in [4.69, 9.17) is 10.2 Å². The summed E-state index contributed by atoms with van der Waals surface area (Å²) in [5.74, 6) is -0.796. The second kappa shape index (κ2) is 7.92. The molecule has 6 nitrogen and oxygen atoms in total. The molecule has 0 aliphatic rings. The number of aliphatic carboxylic acids is 1. The molecule has 0 radical (unpaired) electrons. The Morgan fingerprint density at radius 1 is 1.28 bits per heavy atom. The quantitative estimate of drug-likeness (QED) is 0.605. The van der Waals surface area contributed by atoms with Gasteiger partial charge in [0.15, 0.2) is 0 Å². The van der Waals surface area contributed by atoms with Crippen LogP contribution in [0.2, 0.25) is 0 Å². The molecule has 0 aliphatic heterocycles. The van der Waals surface area contributed by atoms with Crippen LogP contribution in [0, 0.1) is 5.41 Å². The maximum absolute atomic E-state index is 11.5. The van der Waals surface area contributed by atoms with Crippen LogP contribution in [0.1, 0.15) is 33.1 Å². The summed E-state index contributed by atoms with van der Waals surface area (Å²) >= 11 is 0. The highest BCUT2D eigenvalue weighted by molar-refractivity contribution is 5.73. The molecule has 0 heterocycles. The number of likely N-dealkylation sites (N-methyl/N-ethyl adjacent to an activating group) is 1. The van der Waals surface area contributed by atoms with Crippen molar-refractivity contribution < 1.29 is 19.8 Å². The molecule has 6 heteroatoms. The molecule has 0 atom stereocenters. The van der Waals surface area contributed by atoms with Crippen molar-refractivity contribution >= 4 is 12.0 Å². The zero-order valence-corrected chi connectivity index (χ0v) is 11.4. The highest BCUT2D eigenvalue weighted by atomic mass is 16.4. The van der Waals surface area contributed by atoms with Gasteiger partial charge < -0.3 is 20.4 Å². The Morgan fingerprint density at radius 3 is 2.39 bits per heavy atom. The van der Waals surface area contributed by atoms with Crippen LogP contribution < -0.4 is 5.32 Å². The number of aliphatic hydroxyl groups is 1. The van der Waals surface area contributed by atoms with Crippen molar-refractivity contribution in [1.82, 2.24) is 10.2 Å². The summed E-state index contributed by atoms with van der Waals surface area (Å²) in [7, 11) is 1.61. The number of amides is 2. The lowest BCUT2D eigenvalue weighted by atomic mass is 9.84. The van der Waals surface area contributed by atoms with Gasteiger partial charge in [0, 0.05) is 26.6 Å². The minimum atomic E-state index is -0.796. The van der Waals surface area contributed by atoms with E-state index in [2.05, 4.69) is 5.32 Å². The van der Waals surface area contributed by atoms with Gasteiger partial charge in [0.2, 0.25) is 0 Å². The molecule has 0 aromatic carbocycles. The van der Waals surface area contributed by atoms with Crippen LogP contribution >= 0.6 is 0 Å². The van der Waals surface area contributed by atoms with Crippen molar-refractivity contribution in [1.29, 1.82) is 0 Å². The minimum absolute atomic E-state index is 0.0615. The SMILES string of the molecule is CN(CCO)C(=O)NCCC(C)(C)CCC(=O)O. The first-order chi connectivity index (χ1) is 8.28. The summed E-state index contributed by atoms with van der Waals surface area (Å²) in [6, 6.07) is -0.224. The van der Waals surface area contributed by atoms with Crippen molar-refractivity contribution in [2.75, 3.05) is 26.7 Å². The lowest BCUT2D eigenvalue weighted by molar-refractivity contribution is -0.137. The molecular formula is C12H24N2O4. The average Bonchev–Trinajstić information content (AvgIpc) is 2.26. The number of carbonyl (C=O) groups is 2. The largest absolute Gasteiger partial charge is 0.481 e. The fourth-order valence-corrected chi connectivity index (χ4v) is 1.46. The lowest BCUT2D eigenvalue weighted by Gasteiger charge is -2.24. The number of aliphatic hydroxyl groups excluding tert-OH is 1. The Balaban J connectivity index is 3.88. The summed E-state index contributed by atoms with van der Waals surface area (Å²) in [4.78, 5) is 23.4. The highest BCUT2D eigenvalue weighted by Gasteiger charge is 2.19. The highest BCUT2D eigenvalue weighted by Crippen LogP contribution is 2.25. The number of urea groups is 1. The molecule has 0 aliphatic carbocycles. The van der Waals surface area contributed by atoms with Crippen LogP contribution in [-0.2, 0) is 4.79 Å². The number of hydrogen-bond donors (Lipinski definition) is 3. The molecule has 18 heavy (non-hydrogen) atoms. The molecule has 0 aromatic rings. The van der Waals surface area contributed by atoms with E-state index < -0.39 is 5.97 Å². The fraction of sp³-hybridized carbons (Fsp3) is 0.833. The number of nitrogens with one attached hydrogen (secondary N) is 1. The van der Waals surface area contributed by atoms with E-state index in [0.717, 1.165) is 6.42 Å². The zero-order valence-electron chi connectivity index (χ0n) is 11.4. The summed E-state index contributed by atoms with van der Waals surface area (Å²) in [5, 5.41) is 20.0. The smallest absolute Gasteiger partial charge is 0.317 e. The lowest BCUT2D eigenvalue weighted by Crippen LogP contribution is -2.40. The van der Waals surface area contributed by atoms with Crippen LogP contribution in [-0.4, -0.2) is 53.9 Å². The molecule has 0 saturated carbocycles. The Hall–Kier alpha value is -1.30. The fourth-order valence-electron chi connectivity index (χ4n) is 1.46. The van der Waals surface area contributed by atoms with Gasteiger partial charge >= 0.3 is 12.0 Å².